The predicted octanol–water partition coefficient (Wildman–Crippen LogP) is 3.80. The van der Waals surface area contributed by atoms with Crippen molar-refractivity contribution in [3.63, 3.8) is 0 Å². The van der Waals surface area contributed by atoms with Gasteiger partial charge in [0.1, 0.15) is 11.6 Å². The topological polar surface area (TPSA) is 61.0 Å². The van der Waals surface area contributed by atoms with E-state index in [-0.39, 0.29) is 11.7 Å². The Balaban J connectivity index is 1.45. The molecule has 26 heavy (non-hydrogen) atoms. The smallest absolute Gasteiger partial charge is 0.224 e. The molecule has 0 bridgehead atoms. The molecule has 2 N–H and O–H groups in total. The third kappa shape index (κ3) is 5.14. The highest BCUT2D eigenvalue weighted by molar-refractivity contribution is 5.91. The van der Waals surface area contributed by atoms with Gasteiger partial charge in [0.15, 0.2) is 0 Å². The van der Waals surface area contributed by atoms with E-state index < -0.39 is 0 Å². The van der Waals surface area contributed by atoms with Crippen molar-refractivity contribution in [1.29, 1.82) is 0 Å². The van der Waals surface area contributed by atoms with Gasteiger partial charge in [0.05, 0.1) is 6.54 Å². The lowest BCUT2D eigenvalue weighted by Crippen LogP contribution is -2.35. The van der Waals surface area contributed by atoms with Crippen LogP contribution in [0, 0.1) is 25.6 Å². The number of hydrogen-bond acceptors (Lipinski definition) is 3. The fourth-order valence-corrected chi connectivity index (χ4v) is 3.60. The van der Waals surface area contributed by atoms with Crippen molar-refractivity contribution in [3.05, 3.63) is 47.3 Å². The highest BCUT2D eigenvalue weighted by Gasteiger charge is 2.21. The summed E-state index contributed by atoms with van der Waals surface area (Å²) in [4.78, 5) is 22.3. The summed E-state index contributed by atoms with van der Waals surface area (Å²) in [6.07, 6.45) is 5.55. The second-order valence-electron chi connectivity index (χ2n) is 7.30. The van der Waals surface area contributed by atoms with Crippen LogP contribution in [0.25, 0.3) is 0 Å². The third-order valence-corrected chi connectivity index (χ3v) is 4.97. The minimum Gasteiger partial charge on any atom is -0.345 e. The van der Waals surface area contributed by atoms with Crippen LogP contribution < -0.4 is 5.32 Å². The number of rotatable bonds is 6. The molecule has 1 aromatic carbocycles. The Kier molecular flexibility index (Phi) is 6.04. The number of anilines is 1. The molecule has 1 amide bonds. The van der Waals surface area contributed by atoms with Gasteiger partial charge in [-0.1, -0.05) is 0 Å². The first kappa shape index (κ1) is 18.6. The number of aromatic amines is 1. The molecule has 1 aliphatic heterocycles. The number of nitrogens with one attached hydrogen (secondary N) is 2. The first-order chi connectivity index (χ1) is 12.5. The van der Waals surface area contributed by atoms with Gasteiger partial charge in [-0.3, -0.25) is 9.69 Å². The van der Waals surface area contributed by atoms with Gasteiger partial charge in [-0.25, -0.2) is 9.37 Å². The number of imidazole rings is 1. The summed E-state index contributed by atoms with van der Waals surface area (Å²) in [6, 6.07) is 4.43. The van der Waals surface area contributed by atoms with Gasteiger partial charge in [-0.05, 0) is 69.3 Å². The van der Waals surface area contributed by atoms with Crippen molar-refractivity contribution in [3.8, 4) is 0 Å². The van der Waals surface area contributed by atoms with Crippen LogP contribution in [0.3, 0.4) is 0 Å². The molecule has 2 aromatic rings. The van der Waals surface area contributed by atoms with Gasteiger partial charge in [-0.15, -0.1) is 0 Å². The SMILES string of the molecule is Cc1cnc(CN2CCCC(CCC(=O)Nc3ccc(F)cc3C)C2)[nH]1. The van der Waals surface area contributed by atoms with Gasteiger partial charge >= 0.3 is 0 Å². The number of piperidine rings is 1. The quantitative estimate of drug-likeness (QED) is 0.826. The molecule has 1 saturated heterocycles. The molecule has 0 radical (unpaired) electrons. The third-order valence-electron chi connectivity index (χ3n) is 4.97. The van der Waals surface area contributed by atoms with E-state index >= 15 is 0 Å². The van der Waals surface area contributed by atoms with Crippen LogP contribution in [0.5, 0.6) is 0 Å². The maximum atomic E-state index is 13.1. The fraction of sp³-hybridized carbons (Fsp3) is 0.500. The zero-order valence-corrected chi connectivity index (χ0v) is 15.5. The number of nitrogens with zero attached hydrogens (tertiary/aromatic N) is 2. The number of carbonyl (C=O) groups excluding carboxylic acids is 1. The number of H-pyrrole nitrogens is 1. The standard InChI is InChI=1S/C20H27FN4O/c1-14-10-17(21)6-7-18(14)24-20(26)8-5-16-4-3-9-25(12-16)13-19-22-11-15(2)23-19/h6-7,10-11,16H,3-5,8-9,12-13H2,1-2H3,(H,22,23)(H,24,26). The first-order valence-electron chi connectivity index (χ1n) is 9.28. The van der Waals surface area contributed by atoms with E-state index in [0.717, 1.165) is 56.0 Å². The number of aromatic nitrogens is 2. The number of likely N-dealkylation sites (tertiary alicyclic amines) is 1. The monoisotopic (exact) mass is 358 g/mol. The lowest BCUT2D eigenvalue weighted by atomic mass is 9.93. The molecule has 0 saturated carbocycles. The average Bonchev–Trinajstić information content (AvgIpc) is 3.01. The second kappa shape index (κ2) is 8.45. The first-order valence-corrected chi connectivity index (χ1v) is 9.28. The molecular formula is C20H27FN4O. The van der Waals surface area contributed by atoms with Crippen LogP contribution in [0.1, 0.15) is 42.8 Å². The van der Waals surface area contributed by atoms with Crippen molar-refractivity contribution in [2.24, 2.45) is 5.92 Å². The summed E-state index contributed by atoms with van der Waals surface area (Å²) >= 11 is 0. The van der Waals surface area contributed by atoms with Crippen molar-refractivity contribution in [1.82, 2.24) is 14.9 Å². The molecule has 5 nitrogen and oxygen atoms in total. The lowest BCUT2D eigenvalue weighted by Gasteiger charge is -2.32. The van der Waals surface area contributed by atoms with Crippen molar-refractivity contribution in [2.75, 3.05) is 18.4 Å². The van der Waals surface area contributed by atoms with Crippen LogP contribution >= 0.6 is 0 Å². The van der Waals surface area contributed by atoms with Gasteiger partial charge < -0.3 is 10.3 Å². The number of hydrogen-bond donors (Lipinski definition) is 2. The largest absolute Gasteiger partial charge is 0.345 e. The van der Waals surface area contributed by atoms with Crippen LogP contribution in [-0.4, -0.2) is 33.9 Å². The maximum absolute atomic E-state index is 13.1. The molecule has 1 atom stereocenters. The van der Waals surface area contributed by atoms with Crippen LogP contribution in [0.4, 0.5) is 10.1 Å². The van der Waals surface area contributed by atoms with E-state index in [4.69, 9.17) is 0 Å². The van der Waals surface area contributed by atoms with E-state index in [9.17, 15) is 9.18 Å². The second-order valence-corrected chi connectivity index (χ2v) is 7.30. The van der Waals surface area contributed by atoms with Gasteiger partial charge in [-0.2, -0.15) is 0 Å². The average molecular weight is 358 g/mol. The summed E-state index contributed by atoms with van der Waals surface area (Å²) in [6.45, 7) is 6.73. The molecule has 2 heterocycles. The Morgan fingerprint density at radius 2 is 2.27 bits per heavy atom. The lowest BCUT2D eigenvalue weighted by molar-refractivity contribution is -0.116. The van der Waals surface area contributed by atoms with Crippen molar-refractivity contribution >= 4 is 11.6 Å². The van der Waals surface area contributed by atoms with E-state index in [2.05, 4.69) is 20.2 Å². The Morgan fingerprint density at radius 3 is 3.00 bits per heavy atom. The van der Waals surface area contributed by atoms with E-state index in [1.165, 1.54) is 12.1 Å². The Labute approximate surface area is 154 Å². The molecule has 1 aliphatic rings. The fourth-order valence-electron chi connectivity index (χ4n) is 3.60. The number of halogens is 1. The number of carbonyl (C=O) groups is 1. The van der Waals surface area contributed by atoms with Crippen molar-refractivity contribution < 1.29 is 9.18 Å². The predicted molar refractivity (Wildman–Crippen MR) is 100 cm³/mol. The zero-order valence-electron chi connectivity index (χ0n) is 15.5. The van der Waals surface area contributed by atoms with Gasteiger partial charge in [0, 0.05) is 30.5 Å². The number of amides is 1. The number of aryl methyl sites for hydroxylation is 2. The summed E-state index contributed by atoms with van der Waals surface area (Å²) in [5, 5.41) is 2.90. The molecule has 0 aliphatic carbocycles. The number of benzene rings is 1. The molecule has 1 aromatic heterocycles. The Bertz CT molecular complexity index is 758. The van der Waals surface area contributed by atoms with Crippen LogP contribution in [0.15, 0.2) is 24.4 Å². The Morgan fingerprint density at radius 1 is 1.42 bits per heavy atom. The molecule has 6 heteroatoms. The van der Waals surface area contributed by atoms with E-state index in [1.54, 1.807) is 13.0 Å². The minimum absolute atomic E-state index is 0.00140. The minimum atomic E-state index is -0.283. The van der Waals surface area contributed by atoms with Crippen LogP contribution in [0.2, 0.25) is 0 Å². The molecular weight excluding hydrogens is 331 g/mol. The highest BCUT2D eigenvalue weighted by Crippen LogP contribution is 2.23. The summed E-state index contributed by atoms with van der Waals surface area (Å²) in [7, 11) is 0. The molecule has 0 spiro atoms. The Hall–Kier alpha value is -2.21. The zero-order chi connectivity index (χ0) is 18.5. The molecule has 140 valence electrons. The summed E-state index contributed by atoms with van der Waals surface area (Å²) in [5.74, 6) is 1.25. The maximum Gasteiger partial charge on any atom is 0.224 e. The van der Waals surface area contributed by atoms with E-state index in [1.807, 2.05) is 13.1 Å². The van der Waals surface area contributed by atoms with Gasteiger partial charge in [0.25, 0.3) is 0 Å². The summed E-state index contributed by atoms with van der Waals surface area (Å²) in [5.41, 5.74) is 2.52. The molecule has 1 unspecified atom stereocenters. The van der Waals surface area contributed by atoms with Crippen molar-refractivity contribution in [2.45, 2.75) is 46.1 Å². The van der Waals surface area contributed by atoms with Gasteiger partial charge in [0.2, 0.25) is 5.91 Å². The summed E-state index contributed by atoms with van der Waals surface area (Å²) < 4.78 is 13.1. The molecule has 1 fully saturated rings. The molecule has 3 rings (SSSR count). The highest BCUT2D eigenvalue weighted by atomic mass is 19.1. The normalized spacial score (nSPS) is 18.0. The van der Waals surface area contributed by atoms with E-state index in [0.29, 0.717) is 18.0 Å². The van der Waals surface area contributed by atoms with Crippen LogP contribution in [-0.2, 0) is 11.3 Å².